The van der Waals surface area contributed by atoms with Gasteiger partial charge < -0.3 is 15.7 Å². The van der Waals surface area contributed by atoms with Crippen molar-refractivity contribution in [2.45, 2.75) is 27.2 Å². The molecule has 0 saturated heterocycles. The zero-order chi connectivity index (χ0) is 14.6. The van der Waals surface area contributed by atoms with Crippen LogP contribution in [-0.4, -0.2) is 22.5 Å². The number of nitrogens with zero attached hydrogens (tertiary/aromatic N) is 1. The van der Waals surface area contributed by atoms with E-state index in [1.54, 1.807) is 23.1 Å². The standard InChI is InChI=1S/C14H20N2O2S/c1-4-11(13(15)19)14(18)16(5-2)12-8-10(17)7-6-9(12)3/h6-8,11,17H,4-5H2,1-3H3,(H2,15,19). The third-order valence-corrected chi connectivity index (χ3v) is 3.40. The summed E-state index contributed by atoms with van der Waals surface area (Å²) in [5.74, 6) is -0.446. The van der Waals surface area contributed by atoms with Crippen LogP contribution < -0.4 is 10.6 Å². The Hall–Kier alpha value is -1.62. The summed E-state index contributed by atoms with van der Waals surface area (Å²) in [6.45, 7) is 6.16. The molecule has 1 rings (SSSR count). The number of carbonyl (C=O) groups excluding carboxylic acids is 1. The van der Waals surface area contributed by atoms with Crippen molar-refractivity contribution in [3.63, 3.8) is 0 Å². The molecule has 0 aliphatic carbocycles. The lowest BCUT2D eigenvalue weighted by molar-refractivity contribution is -0.120. The lowest BCUT2D eigenvalue weighted by Crippen LogP contribution is -2.41. The van der Waals surface area contributed by atoms with E-state index in [0.717, 1.165) is 5.56 Å². The summed E-state index contributed by atoms with van der Waals surface area (Å²) >= 11 is 4.95. The molecule has 1 aromatic carbocycles. The highest BCUT2D eigenvalue weighted by Gasteiger charge is 2.26. The molecule has 4 nitrogen and oxygen atoms in total. The van der Waals surface area contributed by atoms with Gasteiger partial charge in [-0.3, -0.25) is 4.79 Å². The summed E-state index contributed by atoms with van der Waals surface area (Å²) in [7, 11) is 0. The molecular formula is C14H20N2O2S. The number of carbonyl (C=O) groups is 1. The summed E-state index contributed by atoms with van der Waals surface area (Å²) in [6, 6.07) is 4.97. The minimum absolute atomic E-state index is 0.119. The van der Waals surface area contributed by atoms with Crippen LogP contribution in [0.4, 0.5) is 5.69 Å². The maximum absolute atomic E-state index is 12.5. The van der Waals surface area contributed by atoms with Crippen LogP contribution in [0.1, 0.15) is 25.8 Å². The van der Waals surface area contributed by atoms with Crippen molar-refractivity contribution in [1.29, 1.82) is 0 Å². The highest BCUT2D eigenvalue weighted by molar-refractivity contribution is 7.80. The topological polar surface area (TPSA) is 66.6 Å². The molecule has 104 valence electrons. The van der Waals surface area contributed by atoms with Crippen molar-refractivity contribution < 1.29 is 9.90 Å². The monoisotopic (exact) mass is 280 g/mol. The summed E-state index contributed by atoms with van der Waals surface area (Å²) in [6.07, 6.45) is 0.572. The maximum atomic E-state index is 12.5. The van der Waals surface area contributed by atoms with E-state index in [-0.39, 0.29) is 16.6 Å². The molecule has 1 unspecified atom stereocenters. The predicted molar refractivity (Wildman–Crippen MR) is 81.4 cm³/mol. The Balaban J connectivity index is 3.16. The van der Waals surface area contributed by atoms with Crippen molar-refractivity contribution in [2.75, 3.05) is 11.4 Å². The summed E-state index contributed by atoms with van der Waals surface area (Å²) in [5, 5.41) is 9.58. The number of aromatic hydroxyl groups is 1. The number of phenolic OH excluding ortho intramolecular Hbond substituents is 1. The van der Waals surface area contributed by atoms with Gasteiger partial charge >= 0.3 is 0 Å². The van der Waals surface area contributed by atoms with Gasteiger partial charge in [0.2, 0.25) is 5.91 Å². The fraction of sp³-hybridized carbons (Fsp3) is 0.429. The lowest BCUT2D eigenvalue weighted by Gasteiger charge is -2.26. The van der Waals surface area contributed by atoms with E-state index in [2.05, 4.69) is 0 Å². The molecule has 0 aliphatic heterocycles. The first kappa shape index (κ1) is 15.4. The fourth-order valence-electron chi connectivity index (χ4n) is 2.02. The van der Waals surface area contributed by atoms with Crippen LogP contribution in [0.3, 0.4) is 0 Å². The first-order valence-corrected chi connectivity index (χ1v) is 6.73. The average molecular weight is 280 g/mol. The number of amides is 1. The highest BCUT2D eigenvalue weighted by atomic mass is 32.1. The molecule has 0 heterocycles. The molecule has 0 aliphatic rings. The van der Waals surface area contributed by atoms with E-state index in [4.69, 9.17) is 18.0 Å². The van der Waals surface area contributed by atoms with Crippen LogP contribution in [0.5, 0.6) is 5.75 Å². The molecule has 0 aromatic heterocycles. The van der Waals surface area contributed by atoms with Gasteiger partial charge in [0.1, 0.15) is 5.75 Å². The van der Waals surface area contributed by atoms with E-state index < -0.39 is 5.92 Å². The van der Waals surface area contributed by atoms with E-state index in [0.29, 0.717) is 18.7 Å². The van der Waals surface area contributed by atoms with Crippen molar-refractivity contribution >= 4 is 28.8 Å². The Kier molecular flexibility index (Phi) is 5.30. The Labute approximate surface area is 119 Å². The third-order valence-electron chi connectivity index (χ3n) is 3.12. The third kappa shape index (κ3) is 3.44. The predicted octanol–water partition coefficient (Wildman–Crippen LogP) is 2.37. The molecule has 0 bridgehead atoms. The van der Waals surface area contributed by atoms with Gasteiger partial charge in [0.05, 0.1) is 16.6 Å². The van der Waals surface area contributed by atoms with Gasteiger partial charge in [-0.25, -0.2) is 0 Å². The molecule has 0 saturated carbocycles. The van der Waals surface area contributed by atoms with Gasteiger partial charge in [0.15, 0.2) is 0 Å². The second-order valence-electron chi connectivity index (χ2n) is 4.42. The van der Waals surface area contributed by atoms with E-state index in [1.807, 2.05) is 20.8 Å². The quantitative estimate of drug-likeness (QED) is 0.813. The molecule has 1 aromatic rings. The summed E-state index contributed by atoms with van der Waals surface area (Å²) in [5.41, 5.74) is 7.24. The summed E-state index contributed by atoms with van der Waals surface area (Å²) in [4.78, 5) is 14.3. The molecule has 0 fully saturated rings. The summed E-state index contributed by atoms with van der Waals surface area (Å²) < 4.78 is 0. The smallest absolute Gasteiger partial charge is 0.236 e. The Morgan fingerprint density at radius 2 is 2.11 bits per heavy atom. The fourth-order valence-corrected chi connectivity index (χ4v) is 2.29. The van der Waals surface area contributed by atoms with E-state index in [9.17, 15) is 9.90 Å². The molecule has 19 heavy (non-hydrogen) atoms. The van der Waals surface area contributed by atoms with Crippen LogP contribution >= 0.6 is 12.2 Å². The minimum atomic E-state index is -0.461. The number of anilines is 1. The van der Waals surface area contributed by atoms with Gasteiger partial charge in [-0.15, -0.1) is 0 Å². The number of rotatable bonds is 5. The lowest BCUT2D eigenvalue weighted by atomic mass is 10.0. The van der Waals surface area contributed by atoms with Gasteiger partial charge in [-0.2, -0.15) is 0 Å². The van der Waals surface area contributed by atoms with Crippen LogP contribution in [0.15, 0.2) is 18.2 Å². The average Bonchev–Trinajstić information content (AvgIpc) is 2.35. The largest absolute Gasteiger partial charge is 0.508 e. The molecule has 0 radical (unpaired) electrons. The molecular weight excluding hydrogens is 260 g/mol. The Morgan fingerprint density at radius 3 is 2.58 bits per heavy atom. The van der Waals surface area contributed by atoms with Crippen LogP contribution in [0, 0.1) is 12.8 Å². The number of thiocarbonyl (C=S) groups is 1. The molecule has 0 spiro atoms. The number of nitrogens with two attached hydrogens (primary N) is 1. The van der Waals surface area contributed by atoms with Gasteiger partial charge in [0.25, 0.3) is 0 Å². The highest BCUT2D eigenvalue weighted by Crippen LogP contribution is 2.26. The van der Waals surface area contributed by atoms with E-state index >= 15 is 0 Å². The van der Waals surface area contributed by atoms with Gasteiger partial charge in [-0.1, -0.05) is 25.2 Å². The Bertz CT molecular complexity index is 488. The molecule has 1 amide bonds. The van der Waals surface area contributed by atoms with Crippen molar-refractivity contribution in [3.8, 4) is 5.75 Å². The molecule has 5 heteroatoms. The van der Waals surface area contributed by atoms with Crippen LogP contribution in [0.25, 0.3) is 0 Å². The number of aryl methyl sites for hydroxylation is 1. The van der Waals surface area contributed by atoms with Gasteiger partial charge in [0, 0.05) is 12.6 Å². The first-order valence-electron chi connectivity index (χ1n) is 6.32. The maximum Gasteiger partial charge on any atom is 0.236 e. The molecule has 3 N–H and O–H groups in total. The normalized spacial score (nSPS) is 11.9. The second kappa shape index (κ2) is 6.52. The SMILES string of the molecule is CCC(C(=O)N(CC)c1cc(O)ccc1C)C(N)=S. The van der Waals surface area contributed by atoms with Crippen LogP contribution in [-0.2, 0) is 4.79 Å². The zero-order valence-corrected chi connectivity index (χ0v) is 12.3. The number of hydrogen-bond donors (Lipinski definition) is 2. The van der Waals surface area contributed by atoms with Crippen LogP contribution in [0.2, 0.25) is 0 Å². The Morgan fingerprint density at radius 1 is 1.47 bits per heavy atom. The van der Waals surface area contributed by atoms with Crippen molar-refractivity contribution in [3.05, 3.63) is 23.8 Å². The zero-order valence-electron chi connectivity index (χ0n) is 11.5. The number of phenols is 1. The van der Waals surface area contributed by atoms with Gasteiger partial charge in [-0.05, 0) is 31.9 Å². The van der Waals surface area contributed by atoms with Crippen molar-refractivity contribution in [1.82, 2.24) is 0 Å². The van der Waals surface area contributed by atoms with Crippen molar-refractivity contribution in [2.24, 2.45) is 11.7 Å². The second-order valence-corrected chi connectivity index (χ2v) is 4.89. The number of benzene rings is 1. The minimum Gasteiger partial charge on any atom is -0.508 e. The van der Waals surface area contributed by atoms with E-state index in [1.165, 1.54) is 0 Å². The first-order chi connectivity index (χ1) is 8.92. The number of hydrogen-bond acceptors (Lipinski definition) is 3. The molecule has 1 atom stereocenters.